The van der Waals surface area contributed by atoms with Crippen LogP contribution >= 0.6 is 0 Å². The van der Waals surface area contributed by atoms with Gasteiger partial charge in [0.15, 0.2) is 5.65 Å². The molecule has 0 unspecified atom stereocenters. The minimum absolute atomic E-state index is 0.308. The van der Waals surface area contributed by atoms with Crippen molar-refractivity contribution in [3.05, 3.63) is 42.6 Å². The van der Waals surface area contributed by atoms with E-state index in [1.54, 1.807) is 0 Å². The summed E-state index contributed by atoms with van der Waals surface area (Å²) in [5.41, 5.74) is 4.06. The van der Waals surface area contributed by atoms with Gasteiger partial charge in [0.2, 0.25) is 0 Å². The summed E-state index contributed by atoms with van der Waals surface area (Å²) in [6.07, 6.45) is 1.82. The maximum Gasteiger partial charge on any atom is 0.160 e. The lowest BCUT2D eigenvalue weighted by Gasteiger charge is -2.13. The van der Waals surface area contributed by atoms with Crippen LogP contribution in [0, 0.1) is 0 Å². The van der Waals surface area contributed by atoms with Crippen molar-refractivity contribution in [3.63, 3.8) is 0 Å². The molecule has 0 radical (unpaired) electrons. The number of nitrogens with one attached hydrogen (secondary N) is 1. The molecule has 102 valence electrons. The molecule has 0 saturated carbocycles. The van der Waals surface area contributed by atoms with Crippen LogP contribution in [0.3, 0.4) is 0 Å². The summed E-state index contributed by atoms with van der Waals surface area (Å²) >= 11 is 0. The van der Waals surface area contributed by atoms with Crippen molar-refractivity contribution in [1.82, 2.24) is 14.5 Å². The van der Waals surface area contributed by atoms with E-state index in [2.05, 4.69) is 40.8 Å². The molecule has 0 aliphatic rings. The molecule has 3 aromatic rings. The molecule has 0 saturated heterocycles. The highest BCUT2D eigenvalue weighted by molar-refractivity contribution is 5.78. The minimum Gasteiger partial charge on any atom is -0.388 e. The number of rotatable bonds is 3. The van der Waals surface area contributed by atoms with Gasteiger partial charge in [-0.1, -0.05) is 12.1 Å². The largest absolute Gasteiger partial charge is 0.388 e. The Morgan fingerprint density at radius 2 is 2.00 bits per heavy atom. The number of hydrogen-bond acceptors (Lipinski definition) is 3. The Morgan fingerprint density at radius 1 is 1.15 bits per heavy atom. The van der Waals surface area contributed by atoms with Crippen LogP contribution in [0.5, 0.6) is 0 Å². The van der Waals surface area contributed by atoms with Crippen LogP contribution in [0.2, 0.25) is 0 Å². The summed E-state index contributed by atoms with van der Waals surface area (Å²) in [7, 11) is 1.92. The molecule has 4 heteroatoms. The van der Waals surface area contributed by atoms with Gasteiger partial charge in [-0.05, 0) is 38.1 Å². The highest BCUT2D eigenvalue weighted by atomic mass is 15.1. The van der Waals surface area contributed by atoms with E-state index >= 15 is 0 Å². The number of hydrogen-bond donors (Lipinski definition) is 1. The fourth-order valence-electron chi connectivity index (χ4n) is 2.44. The Hall–Kier alpha value is -2.36. The molecular formula is C16H18N4. The standard InChI is InChI=1S/C16H18N4/c1-11(2)20-15(12-6-4-7-13(10-12)17-3)19-14-8-5-9-18-16(14)20/h4-11,17H,1-3H3. The molecule has 2 heterocycles. The van der Waals surface area contributed by atoms with Crippen molar-refractivity contribution in [2.75, 3.05) is 12.4 Å². The molecule has 20 heavy (non-hydrogen) atoms. The van der Waals surface area contributed by atoms with E-state index in [9.17, 15) is 0 Å². The van der Waals surface area contributed by atoms with Crippen LogP contribution < -0.4 is 5.32 Å². The topological polar surface area (TPSA) is 42.7 Å². The highest BCUT2D eigenvalue weighted by Crippen LogP contribution is 2.28. The second kappa shape index (κ2) is 4.96. The number of fused-ring (bicyclic) bond motifs is 1. The summed E-state index contributed by atoms with van der Waals surface area (Å²) in [6, 6.07) is 12.5. The smallest absolute Gasteiger partial charge is 0.160 e. The van der Waals surface area contributed by atoms with Gasteiger partial charge in [0, 0.05) is 30.5 Å². The third-order valence-corrected chi connectivity index (χ3v) is 3.37. The summed E-state index contributed by atoms with van der Waals surface area (Å²) in [5, 5.41) is 3.17. The van der Waals surface area contributed by atoms with E-state index in [1.165, 1.54) is 0 Å². The molecule has 4 nitrogen and oxygen atoms in total. The second-order valence-electron chi connectivity index (χ2n) is 5.08. The highest BCUT2D eigenvalue weighted by Gasteiger charge is 2.15. The van der Waals surface area contributed by atoms with Crippen molar-refractivity contribution in [1.29, 1.82) is 0 Å². The van der Waals surface area contributed by atoms with E-state index in [0.717, 1.165) is 28.2 Å². The van der Waals surface area contributed by atoms with Gasteiger partial charge < -0.3 is 9.88 Å². The van der Waals surface area contributed by atoms with E-state index in [-0.39, 0.29) is 0 Å². The summed E-state index contributed by atoms with van der Waals surface area (Å²) < 4.78 is 2.18. The molecular weight excluding hydrogens is 248 g/mol. The van der Waals surface area contributed by atoms with Gasteiger partial charge >= 0.3 is 0 Å². The van der Waals surface area contributed by atoms with Gasteiger partial charge in [-0.15, -0.1) is 0 Å². The van der Waals surface area contributed by atoms with Gasteiger partial charge in [-0.25, -0.2) is 9.97 Å². The third kappa shape index (κ3) is 2.03. The average molecular weight is 266 g/mol. The van der Waals surface area contributed by atoms with E-state index in [1.807, 2.05) is 37.5 Å². The van der Waals surface area contributed by atoms with Gasteiger partial charge in [-0.2, -0.15) is 0 Å². The predicted octanol–water partition coefficient (Wildman–Crippen LogP) is 3.72. The van der Waals surface area contributed by atoms with Gasteiger partial charge in [0.05, 0.1) is 0 Å². The zero-order chi connectivity index (χ0) is 14.1. The number of imidazole rings is 1. The lowest BCUT2D eigenvalue weighted by molar-refractivity contribution is 0.620. The summed E-state index contributed by atoms with van der Waals surface area (Å²) in [5.74, 6) is 0.964. The zero-order valence-corrected chi connectivity index (χ0v) is 12.0. The Bertz CT molecular complexity index is 743. The fraction of sp³-hybridized carbons (Fsp3) is 0.250. The molecule has 1 aromatic carbocycles. The first-order valence-electron chi connectivity index (χ1n) is 6.82. The van der Waals surface area contributed by atoms with Crippen LogP contribution in [-0.4, -0.2) is 21.6 Å². The number of benzene rings is 1. The Kier molecular flexibility index (Phi) is 3.14. The van der Waals surface area contributed by atoms with Crippen molar-refractivity contribution in [2.45, 2.75) is 19.9 Å². The molecule has 0 bridgehead atoms. The van der Waals surface area contributed by atoms with Crippen LogP contribution in [-0.2, 0) is 0 Å². The Morgan fingerprint density at radius 3 is 2.75 bits per heavy atom. The molecule has 0 fully saturated rings. The number of nitrogens with zero attached hydrogens (tertiary/aromatic N) is 3. The van der Waals surface area contributed by atoms with Crippen molar-refractivity contribution in [3.8, 4) is 11.4 Å². The first-order chi connectivity index (χ1) is 9.70. The van der Waals surface area contributed by atoms with Gasteiger partial charge in [0.25, 0.3) is 0 Å². The normalized spacial score (nSPS) is 11.2. The Labute approximate surface area is 118 Å². The molecule has 3 rings (SSSR count). The maximum atomic E-state index is 4.75. The van der Waals surface area contributed by atoms with Crippen LogP contribution in [0.4, 0.5) is 5.69 Å². The van der Waals surface area contributed by atoms with Crippen molar-refractivity contribution < 1.29 is 0 Å². The lowest BCUT2D eigenvalue weighted by atomic mass is 10.2. The van der Waals surface area contributed by atoms with Crippen molar-refractivity contribution >= 4 is 16.9 Å². The number of anilines is 1. The van der Waals surface area contributed by atoms with E-state index in [0.29, 0.717) is 6.04 Å². The van der Waals surface area contributed by atoms with E-state index in [4.69, 9.17) is 4.98 Å². The average Bonchev–Trinajstić information content (AvgIpc) is 2.87. The molecule has 0 spiro atoms. The monoisotopic (exact) mass is 266 g/mol. The first kappa shape index (κ1) is 12.7. The lowest BCUT2D eigenvalue weighted by Crippen LogP contribution is -2.04. The molecule has 0 atom stereocenters. The fourth-order valence-corrected chi connectivity index (χ4v) is 2.44. The minimum atomic E-state index is 0.308. The van der Waals surface area contributed by atoms with Crippen LogP contribution in [0.1, 0.15) is 19.9 Å². The molecule has 1 N–H and O–H groups in total. The van der Waals surface area contributed by atoms with Crippen LogP contribution in [0.15, 0.2) is 42.6 Å². The number of pyridine rings is 1. The summed E-state index contributed by atoms with van der Waals surface area (Å²) in [4.78, 5) is 9.23. The van der Waals surface area contributed by atoms with Gasteiger partial charge in [-0.3, -0.25) is 0 Å². The SMILES string of the molecule is CNc1cccc(-c2nc3cccnc3n2C(C)C)c1. The van der Waals surface area contributed by atoms with E-state index < -0.39 is 0 Å². The summed E-state index contributed by atoms with van der Waals surface area (Å²) in [6.45, 7) is 4.31. The van der Waals surface area contributed by atoms with Gasteiger partial charge in [0.1, 0.15) is 11.3 Å². The molecule has 0 aliphatic carbocycles. The molecule has 0 aliphatic heterocycles. The molecule has 0 amide bonds. The third-order valence-electron chi connectivity index (χ3n) is 3.37. The Balaban J connectivity index is 2.26. The number of aromatic nitrogens is 3. The maximum absolute atomic E-state index is 4.75. The first-order valence-corrected chi connectivity index (χ1v) is 6.82. The predicted molar refractivity (Wildman–Crippen MR) is 82.9 cm³/mol. The van der Waals surface area contributed by atoms with Crippen molar-refractivity contribution in [2.24, 2.45) is 0 Å². The molecule has 2 aromatic heterocycles. The second-order valence-corrected chi connectivity index (χ2v) is 5.08. The quantitative estimate of drug-likeness (QED) is 0.785. The van der Waals surface area contributed by atoms with Crippen LogP contribution in [0.25, 0.3) is 22.6 Å². The zero-order valence-electron chi connectivity index (χ0n) is 12.0.